The van der Waals surface area contributed by atoms with E-state index in [0.717, 1.165) is 55.3 Å². The summed E-state index contributed by atoms with van der Waals surface area (Å²) in [4.78, 5) is 34.8. The molecule has 1 aliphatic heterocycles. The molecule has 1 fully saturated rings. The first-order valence-corrected chi connectivity index (χ1v) is 9.20. The smallest absolute Gasteiger partial charge is 0.251 e. The van der Waals surface area contributed by atoms with Gasteiger partial charge in [-0.3, -0.25) is 14.7 Å². The summed E-state index contributed by atoms with van der Waals surface area (Å²) in [6, 6.07) is 7.30. The summed E-state index contributed by atoms with van der Waals surface area (Å²) in [6.45, 7) is 4.60. The number of aromatic nitrogens is 5. The van der Waals surface area contributed by atoms with Crippen molar-refractivity contribution in [3.8, 4) is 11.4 Å². The van der Waals surface area contributed by atoms with Crippen LogP contribution in [-0.4, -0.2) is 42.9 Å². The van der Waals surface area contributed by atoms with E-state index in [1.807, 2.05) is 25.1 Å². The standard InChI is InChI=1S/C20H22N6O/c1-14-22-9-6-17(23-14)13-26-10-2-3-16(12-26)18-11-19(27)25-20(24-18)15-4-7-21-8-5-15/h4-9,11,16H,2-3,10,12-13H2,1H3,(H,24,25,27). The summed E-state index contributed by atoms with van der Waals surface area (Å²) < 4.78 is 0. The van der Waals surface area contributed by atoms with Crippen LogP contribution in [0.15, 0.2) is 47.7 Å². The van der Waals surface area contributed by atoms with Crippen molar-refractivity contribution >= 4 is 0 Å². The minimum absolute atomic E-state index is 0.115. The van der Waals surface area contributed by atoms with E-state index in [9.17, 15) is 4.79 Å². The highest BCUT2D eigenvalue weighted by molar-refractivity contribution is 5.53. The zero-order valence-electron chi connectivity index (χ0n) is 15.3. The predicted octanol–water partition coefficient (Wildman–Crippen LogP) is 2.31. The maximum atomic E-state index is 12.2. The van der Waals surface area contributed by atoms with E-state index in [0.29, 0.717) is 5.82 Å². The number of aryl methyl sites for hydroxylation is 1. The molecule has 1 unspecified atom stereocenters. The minimum Gasteiger partial charge on any atom is -0.307 e. The van der Waals surface area contributed by atoms with Crippen molar-refractivity contribution in [2.45, 2.75) is 32.2 Å². The Morgan fingerprint density at radius 3 is 2.85 bits per heavy atom. The van der Waals surface area contributed by atoms with Crippen LogP contribution in [0.4, 0.5) is 0 Å². The molecule has 138 valence electrons. The third-order valence-corrected chi connectivity index (χ3v) is 4.86. The molecule has 7 heteroatoms. The lowest BCUT2D eigenvalue weighted by Crippen LogP contribution is -2.35. The van der Waals surface area contributed by atoms with E-state index in [2.05, 4.69) is 24.8 Å². The van der Waals surface area contributed by atoms with Crippen LogP contribution in [0.3, 0.4) is 0 Å². The number of pyridine rings is 1. The zero-order valence-corrected chi connectivity index (χ0v) is 15.3. The fourth-order valence-corrected chi connectivity index (χ4v) is 3.59. The van der Waals surface area contributed by atoms with Gasteiger partial charge in [-0.25, -0.2) is 15.0 Å². The molecule has 1 N–H and O–H groups in total. The van der Waals surface area contributed by atoms with E-state index in [-0.39, 0.29) is 11.5 Å². The van der Waals surface area contributed by atoms with Crippen LogP contribution in [0, 0.1) is 6.92 Å². The summed E-state index contributed by atoms with van der Waals surface area (Å²) in [6.07, 6.45) is 7.32. The van der Waals surface area contributed by atoms with Gasteiger partial charge in [0.05, 0.1) is 11.4 Å². The SMILES string of the molecule is Cc1nccc(CN2CCCC(c3cc(=O)[nH]c(-c4ccncc4)n3)C2)n1. The van der Waals surface area contributed by atoms with Crippen LogP contribution in [0.1, 0.15) is 36.0 Å². The van der Waals surface area contributed by atoms with E-state index >= 15 is 0 Å². The van der Waals surface area contributed by atoms with E-state index in [1.54, 1.807) is 24.7 Å². The van der Waals surface area contributed by atoms with Crippen molar-refractivity contribution in [2.75, 3.05) is 13.1 Å². The second kappa shape index (κ2) is 7.75. The lowest BCUT2D eigenvalue weighted by molar-refractivity contribution is 0.196. The molecule has 4 rings (SSSR count). The van der Waals surface area contributed by atoms with Crippen LogP contribution >= 0.6 is 0 Å². The number of rotatable bonds is 4. The van der Waals surface area contributed by atoms with Crippen molar-refractivity contribution in [1.82, 2.24) is 29.8 Å². The van der Waals surface area contributed by atoms with Crippen molar-refractivity contribution in [1.29, 1.82) is 0 Å². The molecule has 1 saturated heterocycles. The van der Waals surface area contributed by atoms with Gasteiger partial charge in [0.25, 0.3) is 5.56 Å². The number of aromatic amines is 1. The average molecular weight is 362 g/mol. The summed E-state index contributed by atoms with van der Waals surface area (Å²) in [7, 11) is 0. The van der Waals surface area contributed by atoms with Crippen LogP contribution in [0.2, 0.25) is 0 Å². The van der Waals surface area contributed by atoms with E-state index in [4.69, 9.17) is 4.98 Å². The number of H-pyrrole nitrogens is 1. The minimum atomic E-state index is -0.115. The first-order valence-electron chi connectivity index (χ1n) is 9.20. The molecule has 0 amide bonds. The molecule has 0 spiro atoms. The molecule has 3 aromatic heterocycles. The summed E-state index contributed by atoms with van der Waals surface area (Å²) in [5, 5.41) is 0. The fraction of sp³-hybridized carbons (Fsp3) is 0.350. The first-order chi connectivity index (χ1) is 13.2. The number of hydrogen-bond donors (Lipinski definition) is 1. The maximum Gasteiger partial charge on any atom is 0.251 e. The van der Waals surface area contributed by atoms with E-state index in [1.165, 1.54) is 0 Å². The van der Waals surface area contributed by atoms with Gasteiger partial charge < -0.3 is 4.98 Å². The summed E-state index contributed by atoms with van der Waals surface area (Å²) >= 11 is 0. The Balaban J connectivity index is 1.54. The lowest BCUT2D eigenvalue weighted by atomic mass is 9.94. The second-order valence-electron chi connectivity index (χ2n) is 6.92. The van der Waals surface area contributed by atoms with Crippen LogP contribution in [0.25, 0.3) is 11.4 Å². The number of likely N-dealkylation sites (tertiary alicyclic amines) is 1. The van der Waals surface area contributed by atoms with Crippen LogP contribution in [-0.2, 0) is 6.54 Å². The number of nitrogens with one attached hydrogen (secondary N) is 1. The maximum absolute atomic E-state index is 12.2. The highest BCUT2D eigenvalue weighted by atomic mass is 16.1. The molecule has 0 aromatic carbocycles. The molecule has 1 aliphatic rings. The molecule has 0 bridgehead atoms. The third kappa shape index (κ3) is 4.25. The summed E-state index contributed by atoms with van der Waals surface area (Å²) in [5.74, 6) is 1.63. The van der Waals surface area contributed by atoms with Gasteiger partial charge in [0.1, 0.15) is 11.6 Å². The first kappa shape index (κ1) is 17.5. The molecule has 27 heavy (non-hydrogen) atoms. The van der Waals surface area contributed by atoms with Gasteiger partial charge in [0.2, 0.25) is 0 Å². The Labute approximate surface area is 157 Å². The monoisotopic (exact) mass is 362 g/mol. The second-order valence-corrected chi connectivity index (χ2v) is 6.92. The van der Waals surface area contributed by atoms with Crippen LogP contribution in [0.5, 0.6) is 0 Å². The lowest BCUT2D eigenvalue weighted by Gasteiger charge is -2.32. The molecule has 0 aliphatic carbocycles. The quantitative estimate of drug-likeness (QED) is 0.766. The van der Waals surface area contributed by atoms with Crippen molar-refractivity contribution in [2.24, 2.45) is 0 Å². The Bertz CT molecular complexity index is 971. The van der Waals surface area contributed by atoms with Crippen molar-refractivity contribution in [3.05, 3.63) is 70.4 Å². The topological polar surface area (TPSA) is 87.7 Å². The van der Waals surface area contributed by atoms with Crippen molar-refractivity contribution < 1.29 is 0 Å². The highest BCUT2D eigenvalue weighted by Gasteiger charge is 2.23. The van der Waals surface area contributed by atoms with Gasteiger partial charge in [-0.15, -0.1) is 0 Å². The van der Waals surface area contributed by atoms with Gasteiger partial charge in [0.15, 0.2) is 0 Å². The summed E-state index contributed by atoms with van der Waals surface area (Å²) in [5.41, 5.74) is 2.64. The fourth-order valence-electron chi connectivity index (χ4n) is 3.59. The zero-order chi connectivity index (χ0) is 18.6. The third-order valence-electron chi connectivity index (χ3n) is 4.86. The normalized spacial score (nSPS) is 17.7. The average Bonchev–Trinajstić information content (AvgIpc) is 2.68. The Kier molecular flexibility index (Phi) is 5.02. The predicted molar refractivity (Wildman–Crippen MR) is 102 cm³/mol. The molecular weight excluding hydrogens is 340 g/mol. The highest BCUT2D eigenvalue weighted by Crippen LogP contribution is 2.26. The number of nitrogens with zero attached hydrogens (tertiary/aromatic N) is 5. The Morgan fingerprint density at radius 1 is 1.19 bits per heavy atom. The van der Waals surface area contributed by atoms with Crippen molar-refractivity contribution in [3.63, 3.8) is 0 Å². The van der Waals surface area contributed by atoms with Gasteiger partial charge >= 0.3 is 0 Å². The molecule has 0 radical (unpaired) electrons. The molecule has 1 atom stereocenters. The molecule has 7 nitrogen and oxygen atoms in total. The van der Waals surface area contributed by atoms with E-state index < -0.39 is 0 Å². The number of hydrogen-bond acceptors (Lipinski definition) is 6. The molecular formula is C20H22N6O. The van der Waals surface area contributed by atoms with Gasteiger partial charge in [-0.05, 0) is 44.5 Å². The van der Waals surface area contributed by atoms with Gasteiger partial charge in [0, 0.05) is 49.2 Å². The number of piperidine rings is 1. The molecule has 4 heterocycles. The van der Waals surface area contributed by atoms with Gasteiger partial charge in [-0.2, -0.15) is 0 Å². The molecule has 0 saturated carbocycles. The Hall–Kier alpha value is -2.93. The Morgan fingerprint density at radius 2 is 2.04 bits per heavy atom. The largest absolute Gasteiger partial charge is 0.307 e. The molecule has 3 aromatic rings. The van der Waals surface area contributed by atoms with Gasteiger partial charge in [-0.1, -0.05) is 0 Å². The van der Waals surface area contributed by atoms with Crippen LogP contribution < -0.4 is 5.56 Å².